The van der Waals surface area contributed by atoms with Crippen molar-refractivity contribution in [1.82, 2.24) is 0 Å². The van der Waals surface area contributed by atoms with Crippen LogP contribution in [0.2, 0.25) is 10.0 Å². The molecule has 0 aromatic heterocycles. The molecule has 0 fully saturated rings. The molecular weight excluding hydrogens is 297 g/mol. The summed E-state index contributed by atoms with van der Waals surface area (Å²) >= 11 is 11.9. The second kappa shape index (κ2) is 6.84. The van der Waals surface area contributed by atoms with Crippen molar-refractivity contribution in [3.63, 3.8) is 0 Å². The number of rotatable bonds is 5. The first-order valence-electron chi connectivity index (χ1n) is 6.10. The minimum atomic E-state index is -0.250. The fourth-order valence-electron chi connectivity index (χ4n) is 1.88. The summed E-state index contributed by atoms with van der Waals surface area (Å²) in [5.74, 6) is 0.610. The van der Waals surface area contributed by atoms with Gasteiger partial charge in [0.1, 0.15) is 5.75 Å². The minimum Gasteiger partial charge on any atom is -0.495 e. The molecule has 2 N–H and O–H groups in total. The summed E-state index contributed by atoms with van der Waals surface area (Å²) in [6.07, 6.45) is 0. The molecule has 2 aromatic carbocycles. The fraction of sp³-hybridized carbons (Fsp3) is 0.200. The number of benzene rings is 2. The first kappa shape index (κ1) is 15.0. The van der Waals surface area contributed by atoms with Gasteiger partial charge in [0, 0.05) is 10.7 Å². The maximum Gasteiger partial charge on any atom is 0.137 e. The van der Waals surface area contributed by atoms with Gasteiger partial charge >= 0.3 is 0 Å². The van der Waals surface area contributed by atoms with Crippen molar-refractivity contribution in [2.45, 2.75) is 6.04 Å². The Morgan fingerprint density at radius 2 is 1.85 bits per heavy atom. The highest BCUT2D eigenvalue weighted by atomic mass is 35.5. The molecule has 2 aromatic rings. The standard InChI is InChI=1S/C15H15Cl2NO2/c1-20-15-7-2-10(8-13(15)17)14(9-19)18-12-5-3-11(16)4-6-12/h2-8,14,18-19H,9H2,1H3. The number of hydrogen-bond donors (Lipinski definition) is 2. The maximum atomic E-state index is 9.55. The van der Waals surface area contributed by atoms with Crippen LogP contribution < -0.4 is 10.1 Å². The number of methoxy groups -OCH3 is 1. The van der Waals surface area contributed by atoms with Gasteiger partial charge in [-0.2, -0.15) is 0 Å². The zero-order chi connectivity index (χ0) is 14.5. The van der Waals surface area contributed by atoms with Gasteiger partial charge in [0.25, 0.3) is 0 Å². The molecule has 0 aliphatic rings. The molecule has 0 saturated carbocycles. The van der Waals surface area contributed by atoms with Gasteiger partial charge < -0.3 is 15.2 Å². The van der Waals surface area contributed by atoms with Crippen LogP contribution in [0.25, 0.3) is 0 Å². The third kappa shape index (κ3) is 3.57. The van der Waals surface area contributed by atoms with Crippen LogP contribution in [0, 0.1) is 0 Å². The molecule has 0 aliphatic heterocycles. The lowest BCUT2D eigenvalue weighted by Gasteiger charge is -2.19. The van der Waals surface area contributed by atoms with E-state index in [1.165, 1.54) is 0 Å². The Labute approximate surface area is 128 Å². The Morgan fingerprint density at radius 1 is 1.15 bits per heavy atom. The summed E-state index contributed by atoms with van der Waals surface area (Å²) in [6, 6.07) is 12.5. The monoisotopic (exact) mass is 311 g/mol. The lowest BCUT2D eigenvalue weighted by atomic mass is 10.1. The Kier molecular flexibility index (Phi) is 5.12. The number of halogens is 2. The van der Waals surface area contributed by atoms with Gasteiger partial charge in [-0.15, -0.1) is 0 Å². The van der Waals surface area contributed by atoms with Crippen LogP contribution in [-0.2, 0) is 0 Å². The van der Waals surface area contributed by atoms with Gasteiger partial charge in [-0.05, 0) is 42.0 Å². The van der Waals surface area contributed by atoms with Gasteiger partial charge in [-0.1, -0.05) is 29.3 Å². The molecule has 0 saturated heterocycles. The Hall–Kier alpha value is -1.42. The molecule has 1 unspecified atom stereocenters. The van der Waals surface area contributed by atoms with E-state index in [2.05, 4.69) is 5.32 Å². The van der Waals surface area contributed by atoms with Gasteiger partial charge in [0.05, 0.1) is 24.8 Å². The molecule has 1 atom stereocenters. The van der Waals surface area contributed by atoms with E-state index in [1.54, 1.807) is 31.4 Å². The number of hydrogen-bond acceptors (Lipinski definition) is 3. The molecule has 2 rings (SSSR count). The van der Waals surface area contributed by atoms with Crippen molar-refractivity contribution in [2.24, 2.45) is 0 Å². The van der Waals surface area contributed by atoms with Crippen molar-refractivity contribution in [2.75, 3.05) is 19.0 Å². The largest absolute Gasteiger partial charge is 0.495 e. The topological polar surface area (TPSA) is 41.5 Å². The molecule has 5 heteroatoms. The lowest BCUT2D eigenvalue weighted by Crippen LogP contribution is -2.14. The van der Waals surface area contributed by atoms with Crippen molar-refractivity contribution in [3.8, 4) is 5.75 Å². The van der Waals surface area contributed by atoms with E-state index in [0.29, 0.717) is 15.8 Å². The predicted molar refractivity (Wildman–Crippen MR) is 82.9 cm³/mol. The number of aliphatic hydroxyl groups is 1. The fourth-order valence-corrected chi connectivity index (χ4v) is 2.27. The van der Waals surface area contributed by atoms with E-state index in [9.17, 15) is 5.11 Å². The molecule has 106 valence electrons. The van der Waals surface area contributed by atoms with Crippen LogP contribution in [-0.4, -0.2) is 18.8 Å². The number of ether oxygens (including phenoxy) is 1. The molecule has 3 nitrogen and oxygen atoms in total. The highest BCUT2D eigenvalue weighted by molar-refractivity contribution is 6.32. The normalized spacial score (nSPS) is 12.0. The second-order valence-corrected chi connectivity index (χ2v) is 5.12. The molecule has 0 aliphatic carbocycles. The van der Waals surface area contributed by atoms with Crippen molar-refractivity contribution in [1.29, 1.82) is 0 Å². The Balaban J connectivity index is 2.19. The summed E-state index contributed by atoms with van der Waals surface area (Å²) in [5, 5.41) is 14.0. The van der Waals surface area contributed by atoms with Crippen LogP contribution in [0.1, 0.15) is 11.6 Å². The second-order valence-electron chi connectivity index (χ2n) is 4.28. The van der Waals surface area contributed by atoms with E-state index in [1.807, 2.05) is 18.2 Å². The minimum absolute atomic E-state index is 0.0503. The lowest BCUT2D eigenvalue weighted by molar-refractivity contribution is 0.276. The molecular formula is C15H15Cl2NO2. The van der Waals surface area contributed by atoms with E-state index < -0.39 is 0 Å². The average molecular weight is 312 g/mol. The Bertz CT molecular complexity index is 573. The van der Waals surface area contributed by atoms with Gasteiger partial charge in [-0.25, -0.2) is 0 Å². The molecule has 0 bridgehead atoms. The number of aliphatic hydroxyl groups excluding tert-OH is 1. The SMILES string of the molecule is COc1ccc(C(CO)Nc2ccc(Cl)cc2)cc1Cl. The molecule has 0 amide bonds. The van der Waals surface area contributed by atoms with Crippen molar-refractivity contribution in [3.05, 3.63) is 58.1 Å². The number of nitrogens with one attached hydrogen (secondary N) is 1. The van der Waals surface area contributed by atoms with Crippen LogP contribution in [0.3, 0.4) is 0 Å². The first-order valence-corrected chi connectivity index (χ1v) is 6.86. The van der Waals surface area contributed by atoms with Crippen LogP contribution in [0.15, 0.2) is 42.5 Å². The summed E-state index contributed by atoms with van der Waals surface area (Å²) in [4.78, 5) is 0. The Morgan fingerprint density at radius 3 is 2.40 bits per heavy atom. The van der Waals surface area contributed by atoms with Crippen LogP contribution in [0.4, 0.5) is 5.69 Å². The van der Waals surface area contributed by atoms with E-state index in [0.717, 1.165) is 11.3 Å². The zero-order valence-electron chi connectivity index (χ0n) is 10.9. The molecule has 0 spiro atoms. The zero-order valence-corrected chi connectivity index (χ0v) is 12.4. The van der Waals surface area contributed by atoms with Gasteiger partial charge in [0.15, 0.2) is 0 Å². The summed E-state index contributed by atoms with van der Waals surface area (Å²) in [7, 11) is 1.57. The van der Waals surface area contributed by atoms with Gasteiger partial charge in [-0.3, -0.25) is 0 Å². The van der Waals surface area contributed by atoms with Crippen LogP contribution in [0.5, 0.6) is 5.75 Å². The first-order chi connectivity index (χ1) is 9.63. The number of anilines is 1. The molecule has 0 heterocycles. The van der Waals surface area contributed by atoms with E-state index >= 15 is 0 Å². The highest BCUT2D eigenvalue weighted by Gasteiger charge is 2.12. The third-order valence-electron chi connectivity index (χ3n) is 2.95. The molecule has 20 heavy (non-hydrogen) atoms. The summed E-state index contributed by atoms with van der Waals surface area (Å²) < 4.78 is 5.12. The van der Waals surface area contributed by atoms with Gasteiger partial charge in [0.2, 0.25) is 0 Å². The smallest absolute Gasteiger partial charge is 0.137 e. The average Bonchev–Trinajstić information content (AvgIpc) is 2.46. The van der Waals surface area contributed by atoms with Crippen LogP contribution >= 0.6 is 23.2 Å². The predicted octanol–water partition coefficient (Wildman–Crippen LogP) is 4.15. The highest BCUT2D eigenvalue weighted by Crippen LogP contribution is 2.29. The van der Waals surface area contributed by atoms with E-state index in [4.69, 9.17) is 27.9 Å². The van der Waals surface area contributed by atoms with Crippen molar-refractivity contribution >= 4 is 28.9 Å². The quantitative estimate of drug-likeness (QED) is 0.871. The summed E-state index contributed by atoms with van der Waals surface area (Å²) in [6.45, 7) is -0.0503. The third-order valence-corrected chi connectivity index (χ3v) is 3.49. The maximum absolute atomic E-state index is 9.55. The molecule has 0 radical (unpaired) electrons. The summed E-state index contributed by atoms with van der Waals surface area (Å²) in [5.41, 5.74) is 1.76. The van der Waals surface area contributed by atoms with Crippen molar-refractivity contribution < 1.29 is 9.84 Å². The van der Waals surface area contributed by atoms with E-state index in [-0.39, 0.29) is 12.6 Å².